The van der Waals surface area contributed by atoms with Crippen LogP contribution in [0.2, 0.25) is 0 Å². The molecule has 0 aliphatic rings. The Kier molecular flexibility index (Phi) is 4.38. The largest absolute Gasteiger partial charge is 0.288 e. The lowest BCUT2D eigenvalue weighted by Crippen LogP contribution is -1.92. The van der Waals surface area contributed by atoms with Gasteiger partial charge in [0.2, 0.25) is 0 Å². The summed E-state index contributed by atoms with van der Waals surface area (Å²) in [6.07, 6.45) is 0. The first-order valence-electron chi connectivity index (χ1n) is 5.97. The number of rotatable bonds is 4. The van der Waals surface area contributed by atoms with Crippen molar-refractivity contribution in [2.75, 3.05) is 0 Å². The molecular weight excluding hydrogens is 272 g/mol. The second kappa shape index (κ2) is 6.22. The van der Waals surface area contributed by atoms with Crippen LogP contribution in [-0.4, -0.2) is 4.92 Å². The van der Waals surface area contributed by atoms with E-state index in [2.05, 4.69) is 6.07 Å². The Morgan fingerprint density at radius 1 is 1.30 bits per heavy atom. The highest BCUT2D eigenvalue weighted by Crippen LogP contribution is 2.28. The van der Waals surface area contributed by atoms with Gasteiger partial charge in [0.1, 0.15) is 11.6 Å². The number of thioether (sulfide) groups is 1. The number of benzene rings is 2. The van der Waals surface area contributed by atoms with E-state index in [1.165, 1.54) is 35.0 Å². The monoisotopic (exact) mass is 284 g/mol. The van der Waals surface area contributed by atoms with Gasteiger partial charge in [0.15, 0.2) is 0 Å². The van der Waals surface area contributed by atoms with Gasteiger partial charge in [-0.15, -0.1) is 11.8 Å². The highest BCUT2D eigenvalue weighted by atomic mass is 32.2. The van der Waals surface area contributed by atoms with Gasteiger partial charge in [-0.1, -0.05) is 29.8 Å². The third-order valence-electron chi connectivity index (χ3n) is 2.77. The highest BCUT2D eigenvalue weighted by Gasteiger charge is 2.14. The minimum Gasteiger partial charge on any atom is -0.258 e. The van der Waals surface area contributed by atoms with Crippen LogP contribution in [0.1, 0.15) is 16.7 Å². The summed E-state index contributed by atoms with van der Waals surface area (Å²) in [5.41, 5.74) is 2.31. The molecule has 0 heterocycles. The SMILES string of the molecule is Cc1cccc(CSc2ccc(C#N)c([N+](=O)[O-])c2)c1. The number of hydrogen-bond donors (Lipinski definition) is 0. The van der Waals surface area contributed by atoms with Crippen molar-refractivity contribution < 1.29 is 4.92 Å². The molecule has 100 valence electrons. The van der Waals surface area contributed by atoms with Crippen molar-refractivity contribution in [2.24, 2.45) is 0 Å². The van der Waals surface area contributed by atoms with Crippen molar-refractivity contribution in [3.05, 3.63) is 69.3 Å². The third-order valence-corrected chi connectivity index (χ3v) is 3.84. The number of nitrogens with zero attached hydrogens (tertiary/aromatic N) is 2. The highest BCUT2D eigenvalue weighted by molar-refractivity contribution is 7.98. The van der Waals surface area contributed by atoms with Crippen LogP contribution in [-0.2, 0) is 5.75 Å². The number of aryl methyl sites for hydroxylation is 1. The molecule has 0 unspecified atom stereocenters. The maximum absolute atomic E-state index is 10.9. The molecule has 0 atom stereocenters. The lowest BCUT2D eigenvalue weighted by Gasteiger charge is -2.04. The van der Waals surface area contributed by atoms with Gasteiger partial charge < -0.3 is 0 Å². The standard InChI is InChI=1S/C15H12N2O2S/c1-11-3-2-4-12(7-11)10-20-14-6-5-13(9-16)15(8-14)17(18)19/h2-8H,10H2,1H3. The summed E-state index contributed by atoms with van der Waals surface area (Å²) in [6, 6.07) is 14.7. The van der Waals surface area contributed by atoms with E-state index in [0.717, 1.165) is 10.6 Å². The van der Waals surface area contributed by atoms with Crippen LogP contribution in [0.25, 0.3) is 0 Å². The summed E-state index contributed by atoms with van der Waals surface area (Å²) in [7, 11) is 0. The molecule has 0 aliphatic carbocycles. The van der Waals surface area contributed by atoms with Crippen LogP contribution in [0.3, 0.4) is 0 Å². The molecule has 0 fully saturated rings. The lowest BCUT2D eigenvalue weighted by atomic mass is 10.2. The Balaban J connectivity index is 2.16. The van der Waals surface area contributed by atoms with Gasteiger partial charge in [-0.05, 0) is 24.6 Å². The van der Waals surface area contributed by atoms with Gasteiger partial charge in [-0.25, -0.2) is 0 Å². The predicted octanol–water partition coefficient (Wildman–Crippen LogP) is 4.07. The smallest absolute Gasteiger partial charge is 0.258 e. The molecule has 20 heavy (non-hydrogen) atoms. The molecule has 0 saturated carbocycles. The first-order chi connectivity index (χ1) is 9.60. The van der Waals surface area contributed by atoms with E-state index in [-0.39, 0.29) is 11.3 Å². The minimum absolute atomic E-state index is 0.0925. The fraction of sp³-hybridized carbons (Fsp3) is 0.133. The fourth-order valence-electron chi connectivity index (χ4n) is 1.82. The van der Waals surface area contributed by atoms with Crippen molar-refractivity contribution in [2.45, 2.75) is 17.6 Å². The molecule has 0 N–H and O–H groups in total. The zero-order valence-electron chi connectivity index (χ0n) is 10.9. The topological polar surface area (TPSA) is 66.9 Å². The zero-order valence-corrected chi connectivity index (χ0v) is 11.7. The molecule has 0 aromatic heterocycles. The van der Waals surface area contributed by atoms with Crippen molar-refractivity contribution in [1.82, 2.24) is 0 Å². The molecule has 0 radical (unpaired) electrons. The average Bonchev–Trinajstić information content (AvgIpc) is 2.45. The molecule has 0 amide bonds. The molecule has 0 spiro atoms. The van der Waals surface area contributed by atoms with E-state index < -0.39 is 4.92 Å². The minimum atomic E-state index is -0.519. The quantitative estimate of drug-likeness (QED) is 0.482. The molecular formula is C15H12N2O2S. The Bertz CT molecular complexity index is 693. The average molecular weight is 284 g/mol. The number of nitro groups is 1. The molecule has 0 saturated heterocycles. The van der Waals surface area contributed by atoms with Gasteiger partial charge >= 0.3 is 0 Å². The van der Waals surface area contributed by atoms with Crippen molar-refractivity contribution >= 4 is 17.4 Å². The van der Waals surface area contributed by atoms with Crippen LogP contribution >= 0.6 is 11.8 Å². The number of hydrogen-bond acceptors (Lipinski definition) is 4. The number of nitro benzene ring substituents is 1. The van der Waals surface area contributed by atoms with E-state index >= 15 is 0 Å². The molecule has 4 nitrogen and oxygen atoms in total. The van der Waals surface area contributed by atoms with Crippen LogP contribution in [0, 0.1) is 28.4 Å². The Hall–Kier alpha value is -2.32. The van der Waals surface area contributed by atoms with Crippen LogP contribution in [0.5, 0.6) is 0 Å². The Morgan fingerprint density at radius 2 is 2.10 bits per heavy atom. The lowest BCUT2D eigenvalue weighted by molar-refractivity contribution is -0.385. The molecule has 5 heteroatoms. The second-order valence-electron chi connectivity index (χ2n) is 4.33. The maximum Gasteiger partial charge on any atom is 0.288 e. The van der Waals surface area contributed by atoms with E-state index in [4.69, 9.17) is 5.26 Å². The fourth-order valence-corrected chi connectivity index (χ4v) is 2.69. The summed E-state index contributed by atoms with van der Waals surface area (Å²) in [5.74, 6) is 0.741. The van der Waals surface area contributed by atoms with Gasteiger partial charge in [0.05, 0.1) is 4.92 Å². The van der Waals surface area contributed by atoms with Crippen molar-refractivity contribution in [3.63, 3.8) is 0 Å². The molecule has 0 bridgehead atoms. The molecule has 2 aromatic carbocycles. The van der Waals surface area contributed by atoms with Crippen LogP contribution in [0.4, 0.5) is 5.69 Å². The number of nitriles is 1. The van der Waals surface area contributed by atoms with Gasteiger partial charge in [-0.3, -0.25) is 10.1 Å². The van der Waals surface area contributed by atoms with E-state index in [1.807, 2.05) is 31.2 Å². The normalized spacial score (nSPS) is 10.0. The molecule has 2 rings (SSSR count). The van der Waals surface area contributed by atoms with Gasteiger partial charge in [-0.2, -0.15) is 5.26 Å². The second-order valence-corrected chi connectivity index (χ2v) is 5.37. The summed E-state index contributed by atoms with van der Waals surface area (Å²) >= 11 is 1.52. The molecule has 0 aliphatic heterocycles. The molecule has 2 aromatic rings. The summed E-state index contributed by atoms with van der Waals surface area (Å²) in [4.78, 5) is 11.2. The van der Waals surface area contributed by atoms with E-state index in [1.54, 1.807) is 6.07 Å². The van der Waals surface area contributed by atoms with E-state index in [9.17, 15) is 10.1 Å². The van der Waals surface area contributed by atoms with Crippen LogP contribution < -0.4 is 0 Å². The van der Waals surface area contributed by atoms with Gasteiger partial charge in [0.25, 0.3) is 5.69 Å². The predicted molar refractivity (Wildman–Crippen MR) is 78.6 cm³/mol. The van der Waals surface area contributed by atoms with Crippen molar-refractivity contribution in [1.29, 1.82) is 5.26 Å². The first kappa shape index (κ1) is 14.1. The summed E-state index contributed by atoms with van der Waals surface area (Å²) < 4.78 is 0. The summed E-state index contributed by atoms with van der Waals surface area (Å²) in [5, 5.41) is 19.7. The Labute approximate surface area is 121 Å². The first-order valence-corrected chi connectivity index (χ1v) is 6.95. The van der Waals surface area contributed by atoms with Crippen LogP contribution in [0.15, 0.2) is 47.4 Å². The maximum atomic E-state index is 10.9. The van der Waals surface area contributed by atoms with Gasteiger partial charge in [0, 0.05) is 16.7 Å². The van der Waals surface area contributed by atoms with E-state index in [0.29, 0.717) is 0 Å². The Morgan fingerprint density at radius 3 is 2.75 bits per heavy atom. The zero-order chi connectivity index (χ0) is 14.5. The summed E-state index contributed by atoms with van der Waals surface area (Å²) in [6.45, 7) is 2.03. The van der Waals surface area contributed by atoms with Crippen molar-refractivity contribution in [3.8, 4) is 6.07 Å². The third kappa shape index (κ3) is 3.37.